The number of carbonyl (C=O) groups excluding carboxylic acids is 1. The molecule has 0 bridgehead atoms. The van der Waals surface area contributed by atoms with Crippen LogP contribution in [0.3, 0.4) is 0 Å². The van der Waals surface area contributed by atoms with Gasteiger partial charge in [0.25, 0.3) is 5.89 Å². The maximum atomic E-state index is 12.6. The molecule has 4 aromatic rings. The molecule has 31 heavy (non-hydrogen) atoms. The minimum absolute atomic E-state index is 0.0711. The molecule has 1 aromatic heterocycles. The van der Waals surface area contributed by atoms with Crippen LogP contribution in [0.25, 0.3) is 11.4 Å². The standard InChI is InChI=1S/C25H22N2O4/c1-29-21-14-12-20(13-15-21)25-26-23(31-27-25)17-30-24(28)16-22(18-8-4-2-5-9-18)19-10-6-3-7-11-19/h2-15,22H,16-17H2,1H3. The normalized spacial score (nSPS) is 10.8. The van der Waals surface area contributed by atoms with E-state index in [-0.39, 0.29) is 30.8 Å². The van der Waals surface area contributed by atoms with Crippen molar-refractivity contribution in [2.45, 2.75) is 18.9 Å². The number of rotatable bonds is 8. The first-order valence-electron chi connectivity index (χ1n) is 9.95. The first-order chi connectivity index (χ1) is 15.2. The molecule has 4 rings (SSSR count). The molecule has 0 amide bonds. The number of methoxy groups -OCH3 is 1. The van der Waals surface area contributed by atoms with Gasteiger partial charge in [0.05, 0.1) is 13.5 Å². The van der Waals surface area contributed by atoms with Crippen LogP contribution in [-0.2, 0) is 16.1 Å². The van der Waals surface area contributed by atoms with Crippen molar-refractivity contribution in [2.75, 3.05) is 7.11 Å². The molecular weight excluding hydrogens is 392 g/mol. The summed E-state index contributed by atoms with van der Waals surface area (Å²) < 4.78 is 15.8. The summed E-state index contributed by atoms with van der Waals surface area (Å²) >= 11 is 0. The van der Waals surface area contributed by atoms with E-state index in [9.17, 15) is 4.79 Å². The molecule has 0 spiro atoms. The lowest BCUT2D eigenvalue weighted by molar-refractivity contribution is -0.146. The van der Waals surface area contributed by atoms with Crippen molar-refractivity contribution in [3.8, 4) is 17.1 Å². The second-order valence-corrected chi connectivity index (χ2v) is 6.98. The molecule has 0 radical (unpaired) electrons. The Morgan fingerprint density at radius 3 is 2.10 bits per heavy atom. The maximum absolute atomic E-state index is 12.6. The highest BCUT2D eigenvalue weighted by molar-refractivity contribution is 5.71. The van der Waals surface area contributed by atoms with Gasteiger partial charge in [0.2, 0.25) is 5.82 Å². The lowest BCUT2D eigenvalue weighted by Gasteiger charge is -2.17. The molecule has 0 atom stereocenters. The molecule has 6 nitrogen and oxygen atoms in total. The van der Waals surface area contributed by atoms with Gasteiger partial charge in [0.15, 0.2) is 6.61 Å². The van der Waals surface area contributed by atoms with Crippen LogP contribution in [0.1, 0.15) is 29.4 Å². The summed E-state index contributed by atoms with van der Waals surface area (Å²) in [5.74, 6) is 0.998. The molecule has 0 aliphatic heterocycles. The molecule has 0 saturated carbocycles. The number of aromatic nitrogens is 2. The monoisotopic (exact) mass is 414 g/mol. The van der Waals surface area contributed by atoms with Crippen molar-refractivity contribution in [3.63, 3.8) is 0 Å². The van der Waals surface area contributed by atoms with Gasteiger partial charge in [-0.15, -0.1) is 0 Å². The van der Waals surface area contributed by atoms with E-state index in [0.29, 0.717) is 5.82 Å². The SMILES string of the molecule is COc1ccc(-c2noc(COC(=O)CC(c3ccccc3)c3ccccc3)n2)cc1. The largest absolute Gasteiger partial charge is 0.497 e. The van der Waals surface area contributed by atoms with Crippen molar-refractivity contribution in [1.82, 2.24) is 10.1 Å². The summed E-state index contributed by atoms with van der Waals surface area (Å²) in [6.45, 7) is -0.0711. The quantitative estimate of drug-likeness (QED) is 0.377. The van der Waals surface area contributed by atoms with Crippen molar-refractivity contribution >= 4 is 5.97 Å². The van der Waals surface area contributed by atoms with Gasteiger partial charge in [-0.25, -0.2) is 0 Å². The molecule has 156 valence electrons. The molecule has 0 N–H and O–H groups in total. The van der Waals surface area contributed by atoms with Crippen LogP contribution in [-0.4, -0.2) is 23.2 Å². The highest BCUT2D eigenvalue weighted by Gasteiger charge is 2.20. The number of ether oxygens (including phenoxy) is 2. The second-order valence-electron chi connectivity index (χ2n) is 6.98. The van der Waals surface area contributed by atoms with Gasteiger partial charge in [-0.1, -0.05) is 65.8 Å². The predicted molar refractivity (Wildman–Crippen MR) is 115 cm³/mol. The molecule has 6 heteroatoms. The Bertz CT molecular complexity index is 1070. The number of esters is 1. The van der Waals surface area contributed by atoms with E-state index in [1.807, 2.05) is 84.9 Å². The molecule has 0 saturated heterocycles. The van der Waals surface area contributed by atoms with Gasteiger partial charge in [-0.05, 0) is 35.4 Å². The number of hydrogen-bond donors (Lipinski definition) is 0. The lowest BCUT2D eigenvalue weighted by Crippen LogP contribution is -2.12. The highest BCUT2D eigenvalue weighted by Crippen LogP contribution is 2.28. The Morgan fingerprint density at radius 2 is 1.52 bits per heavy atom. The van der Waals surface area contributed by atoms with E-state index in [2.05, 4.69) is 10.1 Å². The summed E-state index contributed by atoms with van der Waals surface area (Å²) in [6, 6.07) is 27.2. The lowest BCUT2D eigenvalue weighted by atomic mass is 9.89. The smallest absolute Gasteiger partial charge is 0.307 e. The summed E-state index contributed by atoms with van der Waals surface area (Å²) in [6.07, 6.45) is 0.216. The van der Waals surface area contributed by atoms with Crippen LogP contribution in [0.2, 0.25) is 0 Å². The minimum Gasteiger partial charge on any atom is -0.497 e. The van der Waals surface area contributed by atoms with E-state index in [1.165, 1.54) is 0 Å². The van der Waals surface area contributed by atoms with Crippen molar-refractivity contribution < 1.29 is 18.8 Å². The van der Waals surface area contributed by atoms with Gasteiger partial charge < -0.3 is 14.0 Å². The maximum Gasteiger partial charge on any atom is 0.307 e. The summed E-state index contributed by atoms with van der Waals surface area (Å²) in [4.78, 5) is 16.9. The van der Waals surface area contributed by atoms with E-state index in [4.69, 9.17) is 14.0 Å². The zero-order valence-corrected chi connectivity index (χ0v) is 17.1. The number of benzene rings is 3. The van der Waals surface area contributed by atoms with Gasteiger partial charge in [-0.2, -0.15) is 4.98 Å². The van der Waals surface area contributed by atoms with Gasteiger partial charge in [0, 0.05) is 11.5 Å². The molecule has 1 heterocycles. The van der Waals surface area contributed by atoms with Crippen LogP contribution >= 0.6 is 0 Å². The van der Waals surface area contributed by atoms with E-state index in [1.54, 1.807) is 7.11 Å². The van der Waals surface area contributed by atoms with Gasteiger partial charge in [0.1, 0.15) is 5.75 Å². The molecule has 3 aromatic carbocycles. The van der Waals surface area contributed by atoms with Crippen molar-refractivity contribution in [2.24, 2.45) is 0 Å². The molecule has 0 unspecified atom stereocenters. The van der Waals surface area contributed by atoms with E-state index >= 15 is 0 Å². The van der Waals surface area contributed by atoms with Crippen LogP contribution in [0.4, 0.5) is 0 Å². The Morgan fingerprint density at radius 1 is 0.903 bits per heavy atom. The predicted octanol–water partition coefficient (Wildman–Crippen LogP) is 5.01. The Hall–Kier alpha value is -3.93. The summed E-state index contributed by atoms with van der Waals surface area (Å²) in [7, 11) is 1.61. The van der Waals surface area contributed by atoms with Crippen molar-refractivity contribution in [1.29, 1.82) is 0 Å². The fourth-order valence-corrected chi connectivity index (χ4v) is 3.34. The first-order valence-corrected chi connectivity index (χ1v) is 9.95. The number of nitrogens with zero attached hydrogens (tertiary/aromatic N) is 2. The zero-order valence-electron chi connectivity index (χ0n) is 17.1. The third-order valence-electron chi connectivity index (χ3n) is 4.95. The third-order valence-corrected chi connectivity index (χ3v) is 4.95. The van der Waals surface area contributed by atoms with Crippen LogP contribution in [0, 0.1) is 0 Å². The fraction of sp³-hybridized carbons (Fsp3) is 0.160. The van der Waals surface area contributed by atoms with E-state index < -0.39 is 0 Å². The fourth-order valence-electron chi connectivity index (χ4n) is 3.34. The molecule has 0 aliphatic carbocycles. The van der Waals surface area contributed by atoms with Crippen LogP contribution in [0.15, 0.2) is 89.5 Å². The Balaban J connectivity index is 1.40. The third kappa shape index (κ3) is 5.17. The minimum atomic E-state index is -0.332. The second kappa shape index (κ2) is 9.71. The van der Waals surface area contributed by atoms with Crippen LogP contribution in [0.5, 0.6) is 5.75 Å². The Kier molecular flexibility index (Phi) is 6.38. The average molecular weight is 414 g/mol. The number of carbonyl (C=O) groups is 1. The topological polar surface area (TPSA) is 74.5 Å². The number of hydrogen-bond acceptors (Lipinski definition) is 6. The molecular formula is C25H22N2O4. The van der Waals surface area contributed by atoms with Crippen LogP contribution < -0.4 is 4.74 Å². The summed E-state index contributed by atoms with van der Waals surface area (Å²) in [5, 5.41) is 3.96. The van der Waals surface area contributed by atoms with Gasteiger partial charge >= 0.3 is 5.97 Å². The Labute approximate surface area is 180 Å². The molecule has 0 aliphatic rings. The molecule has 0 fully saturated rings. The van der Waals surface area contributed by atoms with Gasteiger partial charge in [-0.3, -0.25) is 4.79 Å². The highest BCUT2D eigenvalue weighted by atomic mass is 16.6. The average Bonchev–Trinajstić information content (AvgIpc) is 3.31. The summed E-state index contributed by atoms with van der Waals surface area (Å²) in [5.41, 5.74) is 2.91. The van der Waals surface area contributed by atoms with E-state index in [0.717, 1.165) is 22.4 Å². The van der Waals surface area contributed by atoms with Crippen molar-refractivity contribution in [3.05, 3.63) is 102 Å². The first kappa shape index (κ1) is 20.3. The zero-order chi connectivity index (χ0) is 21.5.